The van der Waals surface area contributed by atoms with Crippen LogP contribution in [0.3, 0.4) is 0 Å². The van der Waals surface area contributed by atoms with Gasteiger partial charge in [0.15, 0.2) is 17.2 Å². The van der Waals surface area contributed by atoms with E-state index in [-0.39, 0.29) is 16.8 Å². The zero-order chi connectivity index (χ0) is 19.9. The summed E-state index contributed by atoms with van der Waals surface area (Å²) >= 11 is 1.23. The van der Waals surface area contributed by atoms with Crippen molar-refractivity contribution in [3.63, 3.8) is 0 Å². The Labute approximate surface area is 158 Å². The number of carbonyl (C=O) groups is 2. The van der Waals surface area contributed by atoms with Crippen LogP contribution in [0.4, 0.5) is 15.6 Å². The van der Waals surface area contributed by atoms with Crippen LogP contribution >= 0.6 is 11.3 Å². The summed E-state index contributed by atoms with van der Waals surface area (Å²) in [5.41, 5.74) is -0.607. The fourth-order valence-corrected chi connectivity index (χ4v) is 3.28. The molecule has 0 radical (unpaired) electrons. The number of ketones is 1. The van der Waals surface area contributed by atoms with E-state index in [2.05, 4.69) is 10.5 Å². The largest absolute Gasteiger partial charge is 0.421 e. The number of nitrogens with zero attached hydrogens (tertiary/aromatic N) is 2. The molecule has 0 fully saturated rings. The van der Waals surface area contributed by atoms with Crippen molar-refractivity contribution in [2.45, 2.75) is 33.1 Å². The third-order valence-corrected chi connectivity index (χ3v) is 5.05. The lowest BCUT2D eigenvalue weighted by molar-refractivity contribution is 0.101. The van der Waals surface area contributed by atoms with Gasteiger partial charge in [-0.15, -0.1) is 11.3 Å². The number of Topliss-reactive ketones (excluding diaryl/α,β-unsaturated/α-hetero) is 1. The van der Waals surface area contributed by atoms with Gasteiger partial charge in [-0.3, -0.25) is 15.0 Å². The number of fused-ring (bicyclic) bond motifs is 1. The molecule has 3 aromatic heterocycles. The van der Waals surface area contributed by atoms with Crippen molar-refractivity contribution in [1.82, 2.24) is 5.16 Å². The zero-order valence-electron chi connectivity index (χ0n) is 15.6. The number of hydrogen-bond acceptors (Lipinski definition) is 7. The SMILES string of the molecule is CC(=O)c1cc2sc(N(C)C(=O)Nc3cc(C(C)(C)C)on3)cc2oc1=O. The maximum Gasteiger partial charge on any atom is 0.347 e. The Morgan fingerprint density at radius 1 is 1.22 bits per heavy atom. The fourth-order valence-electron chi connectivity index (χ4n) is 2.29. The summed E-state index contributed by atoms with van der Waals surface area (Å²) in [6.45, 7) is 7.23. The summed E-state index contributed by atoms with van der Waals surface area (Å²) in [5, 5.41) is 7.06. The molecular weight excluding hydrogens is 370 g/mol. The van der Waals surface area contributed by atoms with Crippen molar-refractivity contribution < 1.29 is 18.5 Å². The number of aromatic nitrogens is 1. The molecule has 0 saturated carbocycles. The van der Waals surface area contributed by atoms with Crippen molar-refractivity contribution in [2.75, 3.05) is 17.3 Å². The molecule has 1 N–H and O–H groups in total. The van der Waals surface area contributed by atoms with Crippen LogP contribution in [0.15, 0.2) is 31.9 Å². The summed E-state index contributed by atoms with van der Waals surface area (Å²) in [6, 6.07) is 4.31. The molecule has 9 heteroatoms. The van der Waals surface area contributed by atoms with Gasteiger partial charge in [0.2, 0.25) is 0 Å². The van der Waals surface area contributed by atoms with Gasteiger partial charge in [-0.1, -0.05) is 25.9 Å². The van der Waals surface area contributed by atoms with Crippen LogP contribution in [-0.2, 0) is 5.41 Å². The number of amides is 2. The summed E-state index contributed by atoms with van der Waals surface area (Å²) in [4.78, 5) is 37.2. The van der Waals surface area contributed by atoms with Crippen molar-refractivity contribution in [1.29, 1.82) is 0 Å². The number of nitrogens with one attached hydrogen (secondary N) is 1. The number of hydrogen-bond donors (Lipinski definition) is 1. The van der Waals surface area contributed by atoms with Crippen molar-refractivity contribution in [3.05, 3.63) is 39.9 Å². The standard InChI is InChI=1S/C18H19N3O5S/c1-9(22)10-6-12-11(25-16(10)23)7-15(27-12)21(5)17(24)19-14-8-13(26-20-14)18(2,3)4/h6-8H,1-5H3,(H,19,20,24). The molecule has 0 bridgehead atoms. The van der Waals surface area contributed by atoms with E-state index >= 15 is 0 Å². The molecule has 3 heterocycles. The van der Waals surface area contributed by atoms with E-state index in [1.165, 1.54) is 29.2 Å². The van der Waals surface area contributed by atoms with Crippen molar-refractivity contribution in [2.24, 2.45) is 0 Å². The first-order valence-electron chi connectivity index (χ1n) is 8.17. The maximum atomic E-state index is 12.5. The van der Waals surface area contributed by atoms with Crippen LogP contribution < -0.4 is 15.8 Å². The minimum Gasteiger partial charge on any atom is -0.421 e. The van der Waals surface area contributed by atoms with E-state index in [9.17, 15) is 14.4 Å². The lowest BCUT2D eigenvalue weighted by atomic mass is 9.93. The molecule has 0 aliphatic heterocycles. The predicted molar refractivity (Wildman–Crippen MR) is 103 cm³/mol. The number of rotatable bonds is 3. The third kappa shape index (κ3) is 3.77. The number of urea groups is 1. The first kappa shape index (κ1) is 18.8. The Hall–Kier alpha value is -2.94. The van der Waals surface area contributed by atoms with E-state index in [0.29, 0.717) is 26.9 Å². The predicted octanol–water partition coefficient (Wildman–Crippen LogP) is 4.01. The number of carbonyl (C=O) groups excluding carboxylic acids is 2. The Kier molecular flexibility index (Phi) is 4.64. The zero-order valence-corrected chi connectivity index (χ0v) is 16.4. The highest BCUT2D eigenvalue weighted by Crippen LogP contribution is 2.32. The second kappa shape index (κ2) is 6.66. The first-order chi connectivity index (χ1) is 12.6. The van der Waals surface area contributed by atoms with Gasteiger partial charge in [-0.2, -0.15) is 0 Å². The molecule has 142 valence electrons. The highest BCUT2D eigenvalue weighted by atomic mass is 32.1. The molecule has 0 aliphatic rings. The van der Waals surface area contributed by atoms with Crippen LogP contribution in [0.1, 0.15) is 43.8 Å². The van der Waals surface area contributed by atoms with Crippen LogP contribution in [0.25, 0.3) is 10.3 Å². The molecule has 3 rings (SSSR count). The Bertz CT molecular complexity index is 1090. The van der Waals surface area contributed by atoms with Gasteiger partial charge < -0.3 is 8.94 Å². The minimum atomic E-state index is -0.691. The quantitative estimate of drug-likeness (QED) is 0.679. The number of anilines is 2. The van der Waals surface area contributed by atoms with Gasteiger partial charge in [0.25, 0.3) is 0 Å². The van der Waals surface area contributed by atoms with Crippen LogP contribution in [-0.4, -0.2) is 24.0 Å². The van der Waals surface area contributed by atoms with Crippen LogP contribution in [0, 0.1) is 0 Å². The van der Waals surface area contributed by atoms with E-state index in [1.807, 2.05) is 20.8 Å². The highest BCUT2D eigenvalue weighted by Gasteiger charge is 2.22. The van der Waals surface area contributed by atoms with E-state index in [1.54, 1.807) is 19.2 Å². The molecule has 0 unspecified atom stereocenters. The summed E-state index contributed by atoms with van der Waals surface area (Å²) in [7, 11) is 1.58. The minimum absolute atomic E-state index is 0.0136. The summed E-state index contributed by atoms with van der Waals surface area (Å²) in [6.07, 6.45) is 0. The Balaban J connectivity index is 1.83. The molecule has 0 spiro atoms. The lowest BCUT2D eigenvalue weighted by Crippen LogP contribution is -2.30. The van der Waals surface area contributed by atoms with Gasteiger partial charge in [0, 0.05) is 24.6 Å². The van der Waals surface area contributed by atoms with E-state index in [0.717, 1.165) is 0 Å². The molecule has 8 nitrogen and oxygen atoms in total. The van der Waals surface area contributed by atoms with Gasteiger partial charge >= 0.3 is 11.7 Å². The van der Waals surface area contributed by atoms with E-state index in [4.69, 9.17) is 8.94 Å². The van der Waals surface area contributed by atoms with Gasteiger partial charge in [0.1, 0.15) is 16.3 Å². The molecule has 3 aromatic rings. The van der Waals surface area contributed by atoms with Gasteiger partial charge in [0.05, 0.1) is 4.70 Å². The smallest absolute Gasteiger partial charge is 0.347 e. The summed E-state index contributed by atoms with van der Waals surface area (Å²) < 4.78 is 11.0. The first-order valence-corrected chi connectivity index (χ1v) is 8.98. The third-order valence-electron chi connectivity index (χ3n) is 3.91. The van der Waals surface area contributed by atoms with Crippen LogP contribution in [0.2, 0.25) is 0 Å². The highest BCUT2D eigenvalue weighted by molar-refractivity contribution is 7.22. The average molecular weight is 389 g/mol. The second-order valence-electron chi connectivity index (χ2n) is 7.13. The average Bonchev–Trinajstić information content (AvgIpc) is 3.19. The van der Waals surface area contributed by atoms with Gasteiger partial charge in [-0.05, 0) is 13.0 Å². The van der Waals surface area contributed by atoms with Gasteiger partial charge in [-0.25, -0.2) is 9.59 Å². The Morgan fingerprint density at radius 3 is 2.52 bits per heavy atom. The molecule has 0 aromatic carbocycles. The normalized spacial score (nSPS) is 11.6. The fraction of sp³-hybridized carbons (Fsp3) is 0.333. The molecule has 27 heavy (non-hydrogen) atoms. The monoisotopic (exact) mass is 389 g/mol. The molecular formula is C18H19N3O5S. The van der Waals surface area contributed by atoms with Crippen molar-refractivity contribution >= 4 is 44.3 Å². The molecule has 0 atom stereocenters. The molecule has 0 aliphatic carbocycles. The number of thiophene rings is 1. The lowest BCUT2D eigenvalue weighted by Gasteiger charge is -2.14. The Morgan fingerprint density at radius 2 is 1.93 bits per heavy atom. The molecule has 2 amide bonds. The van der Waals surface area contributed by atoms with Crippen molar-refractivity contribution in [3.8, 4) is 0 Å². The topological polar surface area (TPSA) is 106 Å². The molecule has 0 saturated heterocycles. The van der Waals surface area contributed by atoms with Crippen LogP contribution in [0.5, 0.6) is 0 Å². The second-order valence-corrected chi connectivity index (χ2v) is 8.19. The van der Waals surface area contributed by atoms with E-state index < -0.39 is 11.7 Å². The summed E-state index contributed by atoms with van der Waals surface area (Å²) in [5.74, 6) is 0.594. The maximum absolute atomic E-state index is 12.5.